The zero-order valence-electron chi connectivity index (χ0n) is 7.52. The summed E-state index contributed by atoms with van der Waals surface area (Å²) in [6.45, 7) is 0. The average Bonchev–Trinajstić information content (AvgIpc) is 2.19. The molecule has 0 saturated carbocycles. The highest BCUT2D eigenvalue weighted by molar-refractivity contribution is 9.10. The number of benzene rings is 1. The van der Waals surface area contributed by atoms with E-state index in [0.717, 1.165) is 6.07 Å². The topological polar surface area (TPSA) is 83.6 Å². The summed E-state index contributed by atoms with van der Waals surface area (Å²) in [4.78, 5) is 10.6. The highest BCUT2D eigenvalue weighted by atomic mass is 79.9. The van der Waals surface area contributed by atoms with Gasteiger partial charge in [0.1, 0.15) is 11.9 Å². The third-order valence-corrected chi connectivity index (χ3v) is 2.36. The first-order chi connectivity index (χ1) is 6.93. The van der Waals surface area contributed by atoms with Gasteiger partial charge in [0, 0.05) is 10.0 Å². The van der Waals surface area contributed by atoms with Gasteiger partial charge in [-0.05, 0) is 18.2 Å². The molecular weight excluding hydrogens is 269 g/mol. The Hall–Kier alpha value is -0.980. The number of primary amides is 1. The van der Waals surface area contributed by atoms with Crippen LogP contribution in [0.3, 0.4) is 0 Å². The van der Waals surface area contributed by atoms with Crippen LogP contribution in [0.25, 0.3) is 0 Å². The van der Waals surface area contributed by atoms with Crippen molar-refractivity contribution in [3.63, 3.8) is 0 Å². The minimum absolute atomic E-state index is 0.185. The molecule has 1 amide bonds. The summed E-state index contributed by atoms with van der Waals surface area (Å²) >= 11 is 3.08. The number of hydrogen-bond donors (Lipinski definition) is 3. The Morgan fingerprint density at radius 3 is 2.60 bits per heavy atom. The molecule has 4 N–H and O–H groups in total. The first-order valence-electron chi connectivity index (χ1n) is 4.04. The fraction of sp³-hybridized carbons (Fsp3) is 0.222. The van der Waals surface area contributed by atoms with E-state index in [-0.39, 0.29) is 5.56 Å². The second-order valence-corrected chi connectivity index (χ2v) is 3.87. The molecule has 0 saturated heterocycles. The van der Waals surface area contributed by atoms with E-state index in [0.29, 0.717) is 4.47 Å². The number of aliphatic hydroxyl groups is 2. The maximum absolute atomic E-state index is 13.2. The summed E-state index contributed by atoms with van der Waals surface area (Å²) in [5, 5.41) is 18.6. The van der Waals surface area contributed by atoms with Crippen LogP contribution in [-0.4, -0.2) is 22.2 Å². The normalized spacial score (nSPS) is 14.7. The van der Waals surface area contributed by atoms with Gasteiger partial charge in [-0.15, -0.1) is 0 Å². The zero-order chi connectivity index (χ0) is 11.6. The van der Waals surface area contributed by atoms with Gasteiger partial charge in [0.2, 0.25) is 5.91 Å². The summed E-state index contributed by atoms with van der Waals surface area (Å²) in [5.74, 6) is -1.83. The molecule has 1 aromatic carbocycles. The predicted molar refractivity (Wildman–Crippen MR) is 54.3 cm³/mol. The molecule has 82 valence electrons. The second-order valence-electron chi connectivity index (χ2n) is 2.96. The molecule has 15 heavy (non-hydrogen) atoms. The molecule has 0 fully saturated rings. The zero-order valence-corrected chi connectivity index (χ0v) is 9.11. The Morgan fingerprint density at radius 1 is 1.47 bits per heavy atom. The first kappa shape index (κ1) is 12.1. The fourth-order valence-corrected chi connectivity index (χ4v) is 1.45. The number of halogens is 2. The molecule has 1 aromatic rings. The predicted octanol–water partition coefficient (Wildman–Crippen LogP) is 0.468. The van der Waals surface area contributed by atoms with Crippen LogP contribution in [0.1, 0.15) is 11.7 Å². The monoisotopic (exact) mass is 277 g/mol. The fourth-order valence-electron chi connectivity index (χ4n) is 1.07. The van der Waals surface area contributed by atoms with Crippen LogP contribution < -0.4 is 5.73 Å². The SMILES string of the molecule is NC(=O)C(O)C(O)c1cc(Br)ccc1F. The molecule has 1 rings (SSSR count). The van der Waals surface area contributed by atoms with Crippen molar-refractivity contribution >= 4 is 21.8 Å². The Kier molecular flexibility index (Phi) is 3.78. The van der Waals surface area contributed by atoms with Crippen molar-refractivity contribution in [3.8, 4) is 0 Å². The lowest BCUT2D eigenvalue weighted by atomic mass is 10.0. The third kappa shape index (κ3) is 2.74. The maximum atomic E-state index is 13.2. The Morgan fingerprint density at radius 2 is 2.07 bits per heavy atom. The van der Waals surface area contributed by atoms with Gasteiger partial charge in [0.15, 0.2) is 6.10 Å². The van der Waals surface area contributed by atoms with Crippen LogP contribution in [-0.2, 0) is 4.79 Å². The lowest BCUT2D eigenvalue weighted by molar-refractivity contribution is -0.132. The van der Waals surface area contributed by atoms with E-state index < -0.39 is 23.9 Å². The standard InChI is InChI=1S/C9H9BrFNO3/c10-4-1-2-6(11)5(3-4)7(13)8(14)9(12)15/h1-3,7-8,13-14H,(H2,12,15). The van der Waals surface area contributed by atoms with Crippen LogP contribution in [0.5, 0.6) is 0 Å². The summed E-state index contributed by atoms with van der Waals surface area (Å²) in [7, 11) is 0. The van der Waals surface area contributed by atoms with E-state index in [1.165, 1.54) is 12.1 Å². The minimum Gasteiger partial charge on any atom is -0.385 e. The van der Waals surface area contributed by atoms with Crippen molar-refractivity contribution in [3.05, 3.63) is 34.1 Å². The molecule has 0 aliphatic carbocycles. The molecule has 2 atom stereocenters. The number of hydrogen-bond acceptors (Lipinski definition) is 3. The van der Waals surface area contributed by atoms with E-state index >= 15 is 0 Å². The van der Waals surface area contributed by atoms with Crippen molar-refractivity contribution < 1.29 is 19.4 Å². The summed E-state index contributed by atoms with van der Waals surface area (Å²) in [6, 6.07) is 3.81. The molecule has 0 aliphatic heterocycles. The van der Waals surface area contributed by atoms with Gasteiger partial charge in [0.05, 0.1) is 0 Å². The van der Waals surface area contributed by atoms with Gasteiger partial charge in [-0.2, -0.15) is 0 Å². The van der Waals surface area contributed by atoms with Gasteiger partial charge in [-0.3, -0.25) is 4.79 Å². The summed E-state index contributed by atoms with van der Waals surface area (Å²) < 4.78 is 13.7. The summed E-state index contributed by atoms with van der Waals surface area (Å²) in [6.07, 6.45) is -3.49. The van der Waals surface area contributed by atoms with E-state index in [2.05, 4.69) is 15.9 Å². The average molecular weight is 278 g/mol. The molecule has 0 aliphatic rings. The van der Waals surface area contributed by atoms with E-state index in [4.69, 9.17) is 10.8 Å². The molecule has 4 nitrogen and oxygen atoms in total. The van der Waals surface area contributed by atoms with Crippen LogP contribution in [0.2, 0.25) is 0 Å². The van der Waals surface area contributed by atoms with Gasteiger partial charge in [-0.1, -0.05) is 15.9 Å². The van der Waals surface area contributed by atoms with Gasteiger partial charge >= 0.3 is 0 Å². The number of nitrogens with two attached hydrogens (primary N) is 1. The summed E-state index contributed by atoms with van der Waals surface area (Å²) in [5.41, 5.74) is 4.59. The van der Waals surface area contributed by atoms with Gasteiger partial charge in [0.25, 0.3) is 0 Å². The van der Waals surface area contributed by atoms with E-state index in [1.807, 2.05) is 0 Å². The largest absolute Gasteiger partial charge is 0.385 e. The molecule has 0 aromatic heterocycles. The highest BCUT2D eigenvalue weighted by Gasteiger charge is 2.25. The molecule has 2 unspecified atom stereocenters. The van der Waals surface area contributed by atoms with Crippen molar-refractivity contribution in [1.29, 1.82) is 0 Å². The molecule has 6 heteroatoms. The molecular formula is C9H9BrFNO3. The Bertz CT molecular complexity index is 386. The molecule has 0 bridgehead atoms. The molecule has 0 radical (unpaired) electrons. The third-order valence-electron chi connectivity index (χ3n) is 1.87. The maximum Gasteiger partial charge on any atom is 0.249 e. The first-order valence-corrected chi connectivity index (χ1v) is 4.83. The molecule has 0 spiro atoms. The van der Waals surface area contributed by atoms with Crippen LogP contribution in [0.15, 0.2) is 22.7 Å². The smallest absolute Gasteiger partial charge is 0.249 e. The number of carbonyl (C=O) groups excluding carboxylic acids is 1. The van der Waals surface area contributed by atoms with Crippen molar-refractivity contribution in [2.45, 2.75) is 12.2 Å². The number of rotatable bonds is 3. The van der Waals surface area contributed by atoms with Crippen molar-refractivity contribution in [2.24, 2.45) is 5.73 Å². The minimum atomic E-state index is -1.83. The highest BCUT2D eigenvalue weighted by Crippen LogP contribution is 2.23. The lowest BCUT2D eigenvalue weighted by Gasteiger charge is -2.15. The van der Waals surface area contributed by atoms with Crippen LogP contribution >= 0.6 is 15.9 Å². The second kappa shape index (κ2) is 4.69. The Balaban J connectivity index is 3.04. The number of carbonyl (C=O) groups is 1. The van der Waals surface area contributed by atoms with Gasteiger partial charge < -0.3 is 15.9 Å². The quantitative estimate of drug-likeness (QED) is 0.751. The lowest BCUT2D eigenvalue weighted by Crippen LogP contribution is -2.34. The van der Waals surface area contributed by atoms with Crippen molar-refractivity contribution in [1.82, 2.24) is 0 Å². The van der Waals surface area contributed by atoms with Crippen LogP contribution in [0, 0.1) is 5.82 Å². The number of amides is 1. The van der Waals surface area contributed by atoms with Gasteiger partial charge in [-0.25, -0.2) is 4.39 Å². The number of aliphatic hydroxyl groups excluding tert-OH is 2. The molecule has 0 heterocycles. The van der Waals surface area contributed by atoms with Crippen LogP contribution in [0.4, 0.5) is 4.39 Å². The van der Waals surface area contributed by atoms with E-state index in [9.17, 15) is 14.3 Å². The Labute approximate surface area is 93.6 Å². The van der Waals surface area contributed by atoms with E-state index in [1.54, 1.807) is 0 Å². The van der Waals surface area contributed by atoms with Crippen molar-refractivity contribution in [2.75, 3.05) is 0 Å².